The van der Waals surface area contributed by atoms with Crippen LogP contribution in [0.15, 0.2) is 4.52 Å². The molecule has 1 aromatic rings. The molecule has 4 nitrogen and oxygen atoms in total. The zero-order valence-electron chi connectivity index (χ0n) is 10.9. The number of nitrogens with zero attached hydrogens (tertiary/aromatic N) is 2. The molecule has 2 saturated carbocycles. The number of rotatable bonds is 2. The Morgan fingerprint density at radius 2 is 1.94 bits per heavy atom. The summed E-state index contributed by atoms with van der Waals surface area (Å²) in [7, 11) is 0. The molecular formula is C14H20N2O2. The van der Waals surface area contributed by atoms with Crippen molar-refractivity contribution in [2.75, 3.05) is 0 Å². The first-order valence-electron chi connectivity index (χ1n) is 7.10. The van der Waals surface area contributed by atoms with Crippen LogP contribution in [-0.2, 0) is 4.79 Å². The minimum Gasteiger partial charge on any atom is -0.339 e. The van der Waals surface area contributed by atoms with Crippen molar-refractivity contribution in [3.8, 4) is 0 Å². The van der Waals surface area contributed by atoms with Gasteiger partial charge in [-0.2, -0.15) is 4.98 Å². The number of Topliss-reactive ketones (excluding diaryl/α,β-unsaturated/α-hetero) is 1. The van der Waals surface area contributed by atoms with Crippen LogP contribution in [0.2, 0.25) is 0 Å². The van der Waals surface area contributed by atoms with E-state index in [4.69, 9.17) is 4.52 Å². The van der Waals surface area contributed by atoms with Gasteiger partial charge in [0.25, 0.3) is 0 Å². The normalized spacial score (nSPS) is 32.9. The number of carbonyl (C=O) groups is 1. The Kier molecular flexibility index (Phi) is 3.18. The van der Waals surface area contributed by atoms with Gasteiger partial charge in [-0.15, -0.1) is 0 Å². The Bertz CT molecular complexity index is 433. The molecule has 2 aliphatic rings. The van der Waals surface area contributed by atoms with Crippen LogP contribution in [0.3, 0.4) is 0 Å². The molecule has 2 aliphatic carbocycles. The summed E-state index contributed by atoms with van der Waals surface area (Å²) in [6.07, 6.45) is 7.30. The molecule has 1 atom stereocenters. The minimum atomic E-state index is -0.117. The van der Waals surface area contributed by atoms with Gasteiger partial charge in [0.2, 0.25) is 5.89 Å². The predicted molar refractivity (Wildman–Crippen MR) is 66.3 cm³/mol. The summed E-state index contributed by atoms with van der Waals surface area (Å²) in [5.74, 6) is 2.80. The van der Waals surface area contributed by atoms with E-state index in [0.29, 0.717) is 18.2 Å². The molecule has 0 saturated heterocycles. The second-order valence-electron chi connectivity index (χ2n) is 5.86. The third kappa shape index (κ3) is 2.20. The summed E-state index contributed by atoms with van der Waals surface area (Å²) >= 11 is 0. The van der Waals surface area contributed by atoms with E-state index in [9.17, 15) is 4.79 Å². The van der Waals surface area contributed by atoms with Crippen molar-refractivity contribution >= 4 is 5.78 Å². The van der Waals surface area contributed by atoms with E-state index in [1.165, 1.54) is 12.8 Å². The molecule has 0 radical (unpaired) electrons. The highest BCUT2D eigenvalue weighted by Gasteiger charge is 2.32. The van der Waals surface area contributed by atoms with Crippen molar-refractivity contribution < 1.29 is 9.32 Å². The van der Waals surface area contributed by atoms with Crippen LogP contribution >= 0.6 is 0 Å². The minimum absolute atomic E-state index is 0.117. The molecule has 0 aliphatic heterocycles. The standard InChI is InChI=1S/C14H20N2O2/c1-9-5-7-10(8-6-9)13-15-14(18-16-13)11-3-2-4-12(11)17/h9-11H,2-8H2,1H3. The van der Waals surface area contributed by atoms with Crippen molar-refractivity contribution in [3.05, 3.63) is 11.7 Å². The maximum atomic E-state index is 11.7. The van der Waals surface area contributed by atoms with E-state index in [0.717, 1.165) is 37.4 Å². The number of ketones is 1. The van der Waals surface area contributed by atoms with E-state index in [1.54, 1.807) is 0 Å². The molecule has 1 aromatic heterocycles. The van der Waals surface area contributed by atoms with E-state index in [2.05, 4.69) is 17.1 Å². The predicted octanol–water partition coefficient (Wildman–Crippen LogP) is 3.20. The topological polar surface area (TPSA) is 56.0 Å². The zero-order chi connectivity index (χ0) is 12.5. The molecule has 1 unspecified atom stereocenters. The summed E-state index contributed by atoms with van der Waals surface area (Å²) in [6, 6.07) is 0. The van der Waals surface area contributed by atoms with Gasteiger partial charge in [-0.25, -0.2) is 0 Å². The molecule has 0 spiro atoms. The fraction of sp³-hybridized carbons (Fsp3) is 0.786. The average molecular weight is 248 g/mol. The summed E-state index contributed by atoms with van der Waals surface area (Å²) in [5, 5.41) is 4.11. The fourth-order valence-corrected chi connectivity index (χ4v) is 3.15. The Labute approximate surface area is 107 Å². The van der Waals surface area contributed by atoms with Crippen molar-refractivity contribution in [1.29, 1.82) is 0 Å². The molecule has 4 heteroatoms. The van der Waals surface area contributed by atoms with Crippen LogP contribution < -0.4 is 0 Å². The summed E-state index contributed by atoms with van der Waals surface area (Å²) < 4.78 is 5.32. The van der Waals surface area contributed by atoms with Crippen LogP contribution in [0.25, 0.3) is 0 Å². The molecule has 3 rings (SSSR count). The van der Waals surface area contributed by atoms with Crippen molar-refractivity contribution in [2.45, 2.75) is 63.7 Å². The number of aromatic nitrogens is 2. The lowest BCUT2D eigenvalue weighted by Crippen LogP contribution is -2.12. The average Bonchev–Trinajstić information content (AvgIpc) is 2.98. The van der Waals surface area contributed by atoms with Gasteiger partial charge < -0.3 is 4.52 Å². The summed E-state index contributed by atoms with van der Waals surface area (Å²) in [6.45, 7) is 2.30. The zero-order valence-corrected chi connectivity index (χ0v) is 10.9. The maximum absolute atomic E-state index is 11.7. The van der Waals surface area contributed by atoms with Crippen molar-refractivity contribution in [2.24, 2.45) is 5.92 Å². The lowest BCUT2D eigenvalue weighted by Gasteiger charge is -2.23. The molecule has 0 amide bonds. The van der Waals surface area contributed by atoms with Gasteiger partial charge in [0, 0.05) is 12.3 Å². The molecule has 98 valence electrons. The Hall–Kier alpha value is -1.19. The molecule has 0 N–H and O–H groups in total. The lowest BCUT2D eigenvalue weighted by molar-refractivity contribution is -0.119. The quantitative estimate of drug-likeness (QED) is 0.806. The van der Waals surface area contributed by atoms with E-state index < -0.39 is 0 Å². The molecule has 0 aromatic carbocycles. The maximum Gasteiger partial charge on any atom is 0.237 e. The number of hydrogen-bond acceptors (Lipinski definition) is 4. The SMILES string of the molecule is CC1CCC(c2noc(C3CCCC3=O)n2)CC1. The number of carbonyl (C=O) groups excluding carboxylic acids is 1. The molecule has 2 fully saturated rings. The van der Waals surface area contributed by atoms with Crippen molar-refractivity contribution in [3.63, 3.8) is 0 Å². The van der Waals surface area contributed by atoms with Gasteiger partial charge in [0.05, 0.1) is 5.92 Å². The van der Waals surface area contributed by atoms with Gasteiger partial charge in [0.1, 0.15) is 5.78 Å². The lowest BCUT2D eigenvalue weighted by atomic mass is 9.83. The summed E-state index contributed by atoms with van der Waals surface area (Å²) in [5.41, 5.74) is 0. The van der Waals surface area contributed by atoms with Crippen LogP contribution in [0, 0.1) is 5.92 Å². The van der Waals surface area contributed by atoms with E-state index >= 15 is 0 Å². The highest BCUT2D eigenvalue weighted by atomic mass is 16.5. The second kappa shape index (κ2) is 4.82. The molecule has 18 heavy (non-hydrogen) atoms. The highest BCUT2D eigenvalue weighted by Crippen LogP contribution is 2.36. The van der Waals surface area contributed by atoms with Crippen molar-refractivity contribution in [1.82, 2.24) is 10.1 Å². The van der Waals surface area contributed by atoms with Crippen LogP contribution in [0.5, 0.6) is 0 Å². The third-order valence-corrected chi connectivity index (χ3v) is 4.44. The first-order chi connectivity index (χ1) is 8.74. The van der Waals surface area contributed by atoms with E-state index in [1.807, 2.05) is 0 Å². The molecule has 1 heterocycles. The third-order valence-electron chi connectivity index (χ3n) is 4.44. The Balaban J connectivity index is 1.71. The largest absolute Gasteiger partial charge is 0.339 e. The highest BCUT2D eigenvalue weighted by molar-refractivity contribution is 5.86. The second-order valence-corrected chi connectivity index (χ2v) is 5.86. The first kappa shape index (κ1) is 11.9. The smallest absolute Gasteiger partial charge is 0.237 e. The van der Waals surface area contributed by atoms with Gasteiger partial charge in [-0.3, -0.25) is 4.79 Å². The fourth-order valence-electron chi connectivity index (χ4n) is 3.15. The Morgan fingerprint density at radius 3 is 2.61 bits per heavy atom. The monoisotopic (exact) mass is 248 g/mol. The van der Waals surface area contributed by atoms with Gasteiger partial charge in [0.15, 0.2) is 5.82 Å². The number of hydrogen-bond donors (Lipinski definition) is 0. The first-order valence-corrected chi connectivity index (χ1v) is 7.10. The van der Waals surface area contributed by atoms with Crippen LogP contribution in [-0.4, -0.2) is 15.9 Å². The Morgan fingerprint density at radius 1 is 1.17 bits per heavy atom. The van der Waals surface area contributed by atoms with Gasteiger partial charge in [-0.1, -0.05) is 24.9 Å². The molecular weight excluding hydrogens is 228 g/mol. The van der Waals surface area contributed by atoms with Crippen LogP contribution in [0.4, 0.5) is 0 Å². The van der Waals surface area contributed by atoms with E-state index in [-0.39, 0.29) is 11.7 Å². The van der Waals surface area contributed by atoms with Crippen LogP contribution in [0.1, 0.15) is 75.4 Å². The summed E-state index contributed by atoms with van der Waals surface area (Å²) in [4.78, 5) is 16.2. The molecule has 0 bridgehead atoms. The van der Waals surface area contributed by atoms with Gasteiger partial charge >= 0.3 is 0 Å². The van der Waals surface area contributed by atoms with Gasteiger partial charge in [-0.05, 0) is 31.6 Å².